The van der Waals surface area contributed by atoms with E-state index < -0.39 is 0 Å². The number of hydrogen-bond acceptors (Lipinski definition) is 3. The van der Waals surface area contributed by atoms with Gasteiger partial charge in [-0.05, 0) is 38.3 Å². The first-order valence-corrected chi connectivity index (χ1v) is 7.50. The lowest BCUT2D eigenvalue weighted by Gasteiger charge is -2.27. The van der Waals surface area contributed by atoms with E-state index in [0.29, 0.717) is 12.0 Å². The molecule has 114 valence electrons. The third-order valence-electron chi connectivity index (χ3n) is 3.68. The Bertz CT molecular complexity index is 393. The van der Waals surface area contributed by atoms with E-state index in [0.717, 1.165) is 31.7 Å². The smallest absolute Gasteiger partial charge is 0.123 e. The first-order valence-electron chi connectivity index (χ1n) is 7.50. The molecule has 0 aromatic heterocycles. The van der Waals surface area contributed by atoms with Crippen molar-refractivity contribution in [3.8, 4) is 5.75 Å². The molecular weight excluding hydrogens is 250 g/mol. The Balaban J connectivity index is 2.99. The van der Waals surface area contributed by atoms with Gasteiger partial charge in [-0.15, -0.1) is 0 Å². The van der Waals surface area contributed by atoms with Crippen LogP contribution >= 0.6 is 0 Å². The molecule has 3 nitrogen and oxygen atoms in total. The van der Waals surface area contributed by atoms with Gasteiger partial charge >= 0.3 is 0 Å². The van der Waals surface area contributed by atoms with E-state index in [4.69, 9.17) is 9.47 Å². The third kappa shape index (κ3) is 4.80. The maximum atomic E-state index is 5.54. The number of methoxy groups -OCH3 is 2. The topological polar surface area (TPSA) is 30.5 Å². The number of hydrogen-bond donors (Lipinski definition) is 1. The molecule has 0 aliphatic carbocycles. The normalized spacial score (nSPS) is 14.1. The monoisotopic (exact) mass is 279 g/mol. The van der Waals surface area contributed by atoms with E-state index in [-0.39, 0.29) is 0 Å². The van der Waals surface area contributed by atoms with Crippen LogP contribution in [0.3, 0.4) is 0 Å². The van der Waals surface area contributed by atoms with Crippen molar-refractivity contribution in [2.75, 3.05) is 27.4 Å². The Morgan fingerprint density at radius 2 is 2.00 bits per heavy atom. The molecule has 0 saturated carbocycles. The first kappa shape index (κ1) is 17.0. The standard InChI is InChI=1S/C17H29NO2/c1-6-10-18-17(14(3)9-11-19-4)15-12-13(2)7-8-16(15)20-5/h7-8,12,14,17-18H,6,9-11H2,1-5H3. The van der Waals surface area contributed by atoms with Crippen molar-refractivity contribution in [1.29, 1.82) is 0 Å². The fourth-order valence-electron chi connectivity index (χ4n) is 2.48. The van der Waals surface area contributed by atoms with E-state index in [9.17, 15) is 0 Å². The molecule has 0 aliphatic rings. The highest BCUT2D eigenvalue weighted by atomic mass is 16.5. The van der Waals surface area contributed by atoms with Gasteiger partial charge in [-0.1, -0.05) is 31.5 Å². The maximum Gasteiger partial charge on any atom is 0.123 e. The van der Waals surface area contributed by atoms with Crippen LogP contribution in [0.25, 0.3) is 0 Å². The molecule has 1 N–H and O–H groups in total. The zero-order chi connectivity index (χ0) is 15.0. The molecule has 0 spiro atoms. The molecule has 1 aromatic rings. The quantitative estimate of drug-likeness (QED) is 0.747. The van der Waals surface area contributed by atoms with Gasteiger partial charge in [0.1, 0.15) is 5.75 Å². The molecule has 3 heteroatoms. The van der Waals surface area contributed by atoms with Crippen LogP contribution in [-0.4, -0.2) is 27.4 Å². The van der Waals surface area contributed by atoms with Crippen molar-refractivity contribution in [2.24, 2.45) is 5.92 Å². The average Bonchev–Trinajstić information content (AvgIpc) is 2.45. The Kier molecular flexibility index (Phi) is 7.63. The maximum absolute atomic E-state index is 5.54. The summed E-state index contributed by atoms with van der Waals surface area (Å²) in [6, 6.07) is 6.70. The molecule has 1 rings (SSSR count). The zero-order valence-corrected chi connectivity index (χ0v) is 13.5. The molecule has 0 heterocycles. The lowest BCUT2D eigenvalue weighted by atomic mass is 9.90. The van der Waals surface area contributed by atoms with E-state index in [2.05, 4.69) is 44.3 Å². The van der Waals surface area contributed by atoms with Crippen LogP contribution in [0.5, 0.6) is 5.75 Å². The van der Waals surface area contributed by atoms with Crippen molar-refractivity contribution < 1.29 is 9.47 Å². The summed E-state index contributed by atoms with van der Waals surface area (Å²) in [6.45, 7) is 8.39. The highest BCUT2D eigenvalue weighted by Crippen LogP contribution is 2.32. The number of aryl methyl sites for hydroxylation is 1. The highest BCUT2D eigenvalue weighted by molar-refractivity contribution is 5.39. The molecule has 0 amide bonds. The first-order chi connectivity index (χ1) is 9.63. The second-order valence-electron chi connectivity index (χ2n) is 5.44. The second-order valence-corrected chi connectivity index (χ2v) is 5.44. The van der Waals surface area contributed by atoms with Crippen LogP contribution in [0.15, 0.2) is 18.2 Å². The fourth-order valence-corrected chi connectivity index (χ4v) is 2.48. The number of rotatable bonds is 9. The molecule has 0 aliphatic heterocycles. The zero-order valence-electron chi connectivity index (χ0n) is 13.5. The van der Waals surface area contributed by atoms with E-state index in [1.54, 1.807) is 14.2 Å². The van der Waals surface area contributed by atoms with Gasteiger partial charge in [0, 0.05) is 25.3 Å². The Hall–Kier alpha value is -1.06. The summed E-state index contributed by atoms with van der Waals surface area (Å²) in [5, 5.41) is 3.66. The molecule has 2 atom stereocenters. The van der Waals surface area contributed by atoms with Crippen molar-refractivity contribution in [3.05, 3.63) is 29.3 Å². The second kappa shape index (κ2) is 8.98. The number of benzene rings is 1. The van der Waals surface area contributed by atoms with Crippen molar-refractivity contribution in [3.63, 3.8) is 0 Å². The Morgan fingerprint density at radius 1 is 1.25 bits per heavy atom. The summed E-state index contributed by atoms with van der Waals surface area (Å²) in [7, 11) is 3.50. The molecule has 20 heavy (non-hydrogen) atoms. The van der Waals surface area contributed by atoms with Gasteiger partial charge in [-0.3, -0.25) is 0 Å². The van der Waals surface area contributed by atoms with Crippen LogP contribution < -0.4 is 10.1 Å². The van der Waals surface area contributed by atoms with Crippen molar-refractivity contribution in [2.45, 2.75) is 39.7 Å². The van der Waals surface area contributed by atoms with Crippen LogP contribution in [0.1, 0.15) is 43.9 Å². The average molecular weight is 279 g/mol. The summed E-state index contributed by atoms with van der Waals surface area (Å²) < 4.78 is 10.8. The number of ether oxygens (including phenoxy) is 2. The summed E-state index contributed by atoms with van der Waals surface area (Å²) >= 11 is 0. The highest BCUT2D eigenvalue weighted by Gasteiger charge is 2.22. The van der Waals surface area contributed by atoms with Gasteiger partial charge in [-0.2, -0.15) is 0 Å². The Morgan fingerprint density at radius 3 is 2.60 bits per heavy atom. The molecule has 0 fully saturated rings. The van der Waals surface area contributed by atoms with Crippen LogP contribution in [0, 0.1) is 12.8 Å². The van der Waals surface area contributed by atoms with E-state index in [1.807, 2.05) is 0 Å². The van der Waals surface area contributed by atoms with E-state index >= 15 is 0 Å². The minimum Gasteiger partial charge on any atom is -0.496 e. The minimum atomic E-state index is 0.306. The molecule has 1 aromatic carbocycles. The summed E-state index contributed by atoms with van der Waals surface area (Å²) in [5.74, 6) is 1.46. The summed E-state index contributed by atoms with van der Waals surface area (Å²) in [5.41, 5.74) is 2.52. The SMILES string of the molecule is CCCNC(c1cc(C)ccc1OC)C(C)CCOC. The molecule has 0 radical (unpaired) electrons. The van der Waals surface area contributed by atoms with Gasteiger partial charge < -0.3 is 14.8 Å². The molecule has 0 bridgehead atoms. The van der Waals surface area contributed by atoms with Gasteiger partial charge in [0.2, 0.25) is 0 Å². The lowest BCUT2D eigenvalue weighted by molar-refractivity contribution is 0.169. The van der Waals surface area contributed by atoms with E-state index in [1.165, 1.54) is 11.1 Å². The fraction of sp³-hybridized carbons (Fsp3) is 0.647. The molecular formula is C17H29NO2. The largest absolute Gasteiger partial charge is 0.496 e. The lowest BCUT2D eigenvalue weighted by Crippen LogP contribution is -2.29. The predicted octanol–water partition coefficient (Wildman–Crippen LogP) is 3.72. The third-order valence-corrected chi connectivity index (χ3v) is 3.68. The minimum absolute atomic E-state index is 0.306. The van der Waals surface area contributed by atoms with Gasteiger partial charge in [-0.25, -0.2) is 0 Å². The van der Waals surface area contributed by atoms with Gasteiger partial charge in [0.25, 0.3) is 0 Å². The van der Waals surface area contributed by atoms with Gasteiger partial charge in [0.05, 0.1) is 7.11 Å². The van der Waals surface area contributed by atoms with Crippen LogP contribution in [0.2, 0.25) is 0 Å². The summed E-state index contributed by atoms with van der Waals surface area (Å²) in [6.07, 6.45) is 2.16. The predicted molar refractivity (Wildman–Crippen MR) is 84.4 cm³/mol. The van der Waals surface area contributed by atoms with Crippen molar-refractivity contribution >= 4 is 0 Å². The van der Waals surface area contributed by atoms with Gasteiger partial charge in [0.15, 0.2) is 0 Å². The van der Waals surface area contributed by atoms with Crippen LogP contribution in [-0.2, 0) is 4.74 Å². The summed E-state index contributed by atoms with van der Waals surface area (Å²) in [4.78, 5) is 0. The molecule has 2 unspecified atom stereocenters. The number of nitrogens with one attached hydrogen (secondary N) is 1. The van der Waals surface area contributed by atoms with Crippen LogP contribution in [0.4, 0.5) is 0 Å². The molecule has 0 saturated heterocycles. The Labute approximate surface area is 123 Å². The van der Waals surface area contributed by atoms with Crippen molar-refractivity contribution in [1.82, 2.24) is 5.32 Å².